The summed E-state index contributed by atoms with van der Waals surface area (Å²) < 4.78 is 4.94. The van der Waals surface area contributed by atoms with Crippen LogP contribution in [0.1, 0.15) is 19.3 Å². The molecule has 2 N–H and O–H groups in total. The van der Waals surface area contributed by atoms with E-state index in [1.165, 1.54) is 19.3 Å². The van der Waals surface area contributed by atoms with Crippen molar-refractivity contribution >= 4 is 0 Å². The molecule has 2 heteroatoms. The molecule has 54 valence electrons. The smallest absolute Gasteiger partial charge is 0.0616 e. The molecule has 0 radical (unpaired) electrons. The van der Waals surface area contributed by atoms with Crippen LogP contribution in [0.5, 0.6) is 0 Å². The first-order valence-corrected chi connectivity index (χ1v) is 3.59. The quantitative estimate of drug-likeness (QED) is 0.610. The summed E-state index contributed by atoms with van der Waals surface area (Å²) in [5.74, 6) is 0.755. The van der Waals surface area contributed by atoms with Crippen molar-refractivity contribution in [1.29, 1.82) is 0 Å². The van der Waals surface area contributed by atoms with Crippen molar-refractivity contribution < 1.29 is 4.74 Å². The first-order chi connectivity index (χ1) is 4.34. The summed E-state index contributed by atoms with van der Waals surface area (Å²) in [6.45, 7) is 0.727. The molecular weight excluding hydrogens is 114 g/mol. The van der Waals surface area contributed by atoms with Gasteiger partial charge in [-0.15, -0.1) is 0 Å². The molecule has 1 aliphatic carbocycles. The second-order valence-electron chi connectivity index (χ2n) is 2.81. The Morgan fingerprint density at radius 3 is 2.67 bits per heavy atom. The summed E-state index contributed by atoms with van der Waals surface area (Å²) in [5.41, 5.74) is 5.76. The van der Waals surface area contributed by atoms with Gasteiger partial charge >= 0.3 is 0 Å². The molecule has 1 fully saturated rings. The van der Waals surface area contributed by atoms with E-state index in [1.54, 1.807) is 7.11 Å². The van der Waals surface area contributed by atoms with Crippen LogP contribution in [-0.4, -0.2) is 19.8 Å². The number of hydrogen-bond donors (Lipinski definition) is 1. The lowest BCUT2D eigenvalue weighted by molar-refractivity contribution is 0.130. The van der Waals surface area contributed by atoms with Crippen LogP contribution >= 0.6 is 0 Å². The van der Waals surface area contributed by atoms with Crippen molar-refractivity contribution in [3.63, 3.8) is 0 Å². The number of nitrogens with two attached hydrogens (primary N) is 1. The maximum absolute atomic E-state index is 5.76. The number of hydrogen-bond acceptors (Lipinski definition) is 2. The average Bonchev–Trinajstić information content (AvgIpc) is 1.60. The summed E-state index contributed by atoms with van der Waals surface area (Å²) >= 11 is 0. The minimum atomic E-state index is 0.295. The minimum Gasteiger partial charge on any atom is -0.383 e. The van der Waals surface area contributed by atoms with Gasteiger partial charge in [0.05, 0.1) is 6.61 Å². The van der Waals surface area contributed by atoms with Crippen molar-refractivity contribution in [1.82, 2.24) is 0 Å². The van der Waals surface area contributed by atoms with Crippen LogP contribution in [0.3, 0.4) is 0 Å². The SMILES string of the molecule is COC[C@H](N)C1CCC1. The summed E-state index contributed by atoms with van der Waals surface area (Å²) in [4.78, 5) is 0. The van der Waals surface area contributed by atoms with Gasteiger partial charge in [0.15, 0.2) is 0 Å². The number of ether oxygens (including phenoxy) is 1. The standard InChI is InChI=1S/C7H15NO/c1-9-5-7(8)6-3-2-4-6/h6-7H,2-5,8H2,1H3/t7-/m0/s1. The normalized spacial score (nSPS) is 23.3. The molecule has 2 nitrogen and oxygen atoms in total. The second-order valence-corrected chi connectivity index (χ2v) is 2.81. The lowest BCUT2D eigenvalue weighted by Crippen LogP contribution is -2.37. The summed E-state index contributed by atoms with van der Waals surface area (Å²) in [7, 11) is 1.71. The Morgan fingerprint density at radius 1 is 1.67 bits per heavy atom. The third kappa shape index (κ3) is 1.66. The predicted octanol–water partition coefficient (Wildman–Crippen LogP) is 0.760. The molecule has 0 aliphatic heterocycles. The Morgan fingerprint density at radius 2 is 2.33 bits per heavy atom. The largest absolute Gasteiger partial charge is 0.383 e. The van der Waals surface area contributed by atoms with E-state index in [0.29, 0.717) is 6.04 Å². The molecule has 0 saturated heterocycles. The van der Waals surface area contributed by atoms with Crippen LogP contribution < -0.4 is 5.73 Å². The topological polar surface area (TPSA) is 35.2 Å². The zero-order chi connectivity index (χ0) is 6.69. The summed E-state index contributed by atoms with van der Waals surface area (Å²) in [6, 6.07) is 0.295. The second kappa shape index (κ2) is 3.18. The highest BCUT2D eigenvalue weighted by molar-refractivity contribution is 4.79. The van der Waals surface area contributed by atoms with Crippen LogP contribution in [0.25, 0.3) is 0 Å². The van der Waals surface area contributed by atoms with Gasteiger partial charge < -0.3 is 10.5 Å². The Bertz CT molecular complexity index is 81.0. The molecule has 0 bridgehead atoms. The van der Waals surface area contributed by atoms with Crippen molar-refractivity contribution in [3.8, 4) is 0 Å². The molecule has 9 heavy (non-hydrogen) atoms. The van der Waals surface area contributed by atoms with E-state index in [2.05, 4.69) is 0 Å². The van der Waals surface area contributed by atoms with Gasteiger partial charge in [0, 0.05) is 13.2 Å². The highest BCUT2D eigenvalue weighted by atomic mass is 16.5. The predicted molar refractivity (Wildman–Crippen MR) is 37.2 cm³/mol. The zero-order valence-electron chi connectivity index (χ0n) is 5.97. The molecule has 0 amide bonds. The Balaban J connectivity index is 2.08. The van der Waals surface area contributed by atoms with Gasteiger partial charge in [-0.3, -0.25) is 0 Å². The number of methoxy groups -OCH3 is 1. The van der Waals surface area contributed by atoms with Crippen LogP contribution in [0.2, 0.25) is 0 Å². The molecule has 0 aromatic heterocycles. The van der Waals surface area contributed by atoms with Crippen LogP contribution in [-0.2, 0) is 4.74 Å². The summed E-state index contributed by atoms with van der Waals surface area (Å²) in [6.07, 6.45) is 3.98. The molecule has 0 heterocycles. The van der Waals surface area contributed by atoms with E-state index in [1.807, 2.05) is 0 Å². The first-order valence-electron chi connectivity index (χ1n) is 3.59. The molecule has 1 atom stereocenters. The van der Waals surface area contributed by atoms with E-state index < -0.39 is 0 Å². The van der Waals surface area contributed by atoms with Crippen molar-refractivity contribution in [2.45, 2.75) is 25.3 Å². The van der Waals surface area contributed by atoms with Crippen molar-refractivity contribution in [3.05, 3.63) is 0 Å². The third-order valence-electron chi connectivity index (χ3n) is 2.11. The fraction of sp³-hybridized carbons (Fsp3) is 1.00. The highest BCUT2D eigenvalue weighted by Crippen LogP contribution is 2.28. The van der Waals surface area contributed by atoms with E-state index >= 15 is 0 Å². The molecule has 0 spiro atoms. The van der Waals surface area contributed by atoms with E-state index in [-0.39, 0.29) is 0 Å². The first kappa shape index (κ1) is 7.03. The Kier molecular flexibility index (Phi) is 2.49. The molecule has 0 unspecified atom stereocenters. The van der Waals surface area contributed by atoms with Crippen LogP contribution in [0.15, 0.2) is 0 Å². The molecule has 1 saturated carbocycles. The number of rotatable bonds is 3. The molecule has 0 aromatic carbocycles. The maximum atomic E-state index is 5.76. The molecule has 1 aliphatic rings. The van der Waals surface area contributed by atoms with Gasteiger partial charge in [0.2, 0.25) is 0 Å². The zero-order valence-corrected chi connectivity index (χ0v) is 5.97. The van der Waals surface area contributed by atoms with Crippen LogP contribution in [0, 0.1) is 5.92 Å². The third-order valence-corrected chi connectivity index (χ3v) is 2.11. The van der Waals surface area contributed by atoms with Crippen molar-refractivity contribution in [2.75, 3.05) is 13.7 Å². The van der Waals surface area contributed by atoms with Gasteiger partial charge in [-0.1, -0.05) is 6.42 Å². The lowest BCUT2D eigenvalue weighted by atomic mass is 9.80. The fourth-order valence-electron chi connectivity index (χ4n) is 1.20. The van der Waals surface area contributed by atoms with Crippen LogP contribution in [0.4, 0.5) is 0 Å². The lowest BCUT2D eigenvalue weighted by Gasteiger charge is -2.30. The van der Waals surface area contributed by atoms with E-state index in [9.17, 15) is 0 Å². The summed E-state index contributed by atoms with van der Waals surface area (Å²) in [5, 5.41) is 0. The van der Waals surface area contributed by atoms with Gasteiger partial charge in [-0.25, -0.2) is 0 Å². The van der Waals surface area contributed by atoms with Crippen molar-refractivity contribution in [2.24, 2.45) is 11.7 Å². The Hall–Kier alpha value is -0.0800. The van der Waals surface area contributed by atoms with E-state index in [0.717, 1.165) is 12.5 Å². The van der Waals surface area contributed by atoms with Gasteiger partial charge in [0.25, 0.3) is 0 Å². The monoisotopic (exact) mass is 129 g/mol. The molecular formula is C7H15NO. The average molecular weight is 129 g/mol. The maximum Gasteiger partial charge on any atom is 0.0616 e. The van der Waals surface area contributed by atoms with E-state index in [4.69, 9.17) is 10.5 Å². The fourth-order valence-corrected chi connectivity index (χ4v) is 1.20. The van der Waals surface area contributed by atoms with Gasteiger partial charge in [-0.2, -0.15) is 0 Å². The minimum absolute atomic E-state index is 0.295. The molecule has 1 rings (SSSR count). The molecule has 0 aromatic rings. The highest BCUT2D eigenvalue weighted by Gasteiger charge is 2.23. The van der Waals surface area contributed by atoms with Gasteiger partial charge in [0.1, 0.15) is 0 Å². The van der Waals surface area contributed by atoms with Gasteiger partial charge in [-0.05, 0) is 18.8 Å². The Labute approximate surface area is 56.4 Å².